The quantitative estimate of drug-likeness (QED) is 0.820. The molecule has 21 heavy (non-hydrogen) atoms. The molecule has 1 aromatic carbocycles. The van der Waals surface area contributed by atoms with E-state index in [4.69, 9.17) is 4.42 Å². The first kappa shape index (κ1) is 15.2. The SMILES string of the molecule is CCCNc1ccc(C(=O)NCCc2ccco2)c(C)c1. The number of aryl methyl sites for hydroxylation is 1. The van der Waals surface area contributed by atoms with Gasteiger partial charge in [-0.25, -0.2) is 0 Å². The number of furan rings is 1. The second-order valence-electron chi connectivity index (χ2n) is 5.04. The number of carbonyl (C=O) groups is 1. The van der Waals surface area contributed by atoms with E-state index in [1.165, 1.54) is 0 Å². The molecule has 0 unspecified atom stereocenters. The lowest BCUT2D eigenvalue weighted by Gasteiger charge is -2.10. The molecule has 0 aliphatic carbocycles. The van der Waals surface area contributed by atoms with Crippen molar-refractivity contribution in [1.29, 1.82) is 0 Å². The molecule has 1 amide bonds. The third-order valence-electron chi connectivity index (χ3n) is 3.29. The minimum absolute atomic E-state index is 0.0407. The van der Waals surface area contributed by atoms with E-state index >= 15 is 0 Å². The van der Waals surface area contributed by atoms with Crippen molar-refractivity contribution < 1.29 is 9.21 Å². The summed E-state index contributed by atoms with van der Waals surface area (Å²) < 4.78 is 5.24. The van der Waals surface area contributed by atoms with E-state index in [0.29, 0.717) is 13.0 Å². The lowest BCUT2D eigenvalue weighted by atomic mass is 10.1. The lowest BCUT2D eigenvalue weighted by molar-refractivity contribution is 0.0953. The largest absolute Gasteiger partial charge is 0.469 e. The zero-order chi connectivity index (χ0) is 15.1. The van der Waals surface area contributed by atoms with Gasteiger partial charge >= 0.3 is 0 Å². The van der Waals surface area contributed by atoms with E-state index in [1.807, 2.05) is 37.3 Å². The average molecular weight is 286 g/mol. The minimum Gasteiger partial charge on any atom is -0.469 e. The Balaban J connectivity index is 1.89. The Kier molecular flexibility index (Phi) is 5.43. The van der Waals surface area contributed by atoms with Gasteiger partial charge in [-0.1, -0.05) is 6.92 Å². The van der Waals surface area contributed by atoms with Crippen LogP contribution in [-0.2, 0) is 6.42 Å². The molecule has 0 saturated heterocycles. The Morgan fingerprint density at radius 2 is 2.10 bits per heavy atom. The van der Waals surface area contributed by atoms with Gasteiger partial charge in [0, 0.05) is 30.8 Å². The number of rotatable bonds is 7. The van der Waals surface area contributed by atoms with E-state index in [1.54, 1.807) is 6.26 Å². The van der Waals surface area contributed by atoms with E-state index in [2.05, 4.69) is 17.6 Å². The zero-order valence-corrected chi connectivity index (χ0v) is 12.6. The normalized spacial score (nSPS) is 10.4. The van der Waals surface area contributed by atoms with Crippen molar-refractivity contribution in [2.75, 3.05) is 18.4 Å². The third kappa shape index (κ3) is 4.38. The molecule has 4 nitrogen and oxygen atoms in total. The number of carbonyl (C=O) groups excluding carboxylic acids is 1. The van der Waals surface area contributed by atoms with Gasteiger partial charge in [0.2, 0.25) is 0 Å². The molecule has 2 N–H and O–H groups in total. The van der Waals surface area contributed by atoms with Gasteiger partial charge in [-0.15, -0.1) is 0 Å². The molecule has 4 heteroatoms. The molecule has 2 rings (SSSR count). The van der Waals surface area contributed by atoms with E-state index in [0.717, 1.165) is 35.5 Å². The van der Waals surface area contributed by atoms with Gasteiger partial charge in [0.25, 0.3) is 5.91 Å². The van der Waals surface area contributed by atoms with Gasteiger partial charge in [-0.05, 0) is 49.2 Å². The predicted molar refractivity (Wildman–Crippen MR) is 84.7 cm³/mol. The summed E-state index contributed by atoms with van der Waals surface area (Å²) in [6.45, 7) is 5.59. The molecule has 0 spiro atoms. The van der Waals surface area contributed by atoms with Gasteiger partial charge < -0.3 is 15.1 Å². The van der Waals surface area contributed by atoms with Gasteiger partial charge in [0.05, 0.1) is 6.26 Å². The molecule has 0 bridgehead atoms. The number of amides is 1. The maximum absolute atomic E-state index is 12.2. The first-order valence-corrected chi connectivity index (χ1v) is 7.36. The molecule has 2 aromatic rings. The van der Waals surface area contributed by atoms with Crippen molar-refractivity contribution in [3.8, 4) is 0 Å². The highest BCUT2D eigenvalue weighted by atomic mass is 16.3. The zero-order valence-electron chi connectivity index (χ0n) is 12.6. The summed E-state index contributed by atoms with van der Waals surface area (Å²) in [4.78, 5) is 12.2. The summed E-state index contributed by atoms with van der Waals surface area (Å²) in [7, 11) is 0. The van der Waals surface area contributed by atoms with Crippen molar-refractivity contribution in [2.45, 2.75) is 26.7 Å². The van der Waals surface area contributed by atoms with Gasteiger partial charge in [0.1, 0.15) is 5.76 Å². The highest BCUT2D eigenvalue weighted by Crippen LogP contribution is 2.15. The van der Waals surface area contributed by atoms with Crippen molar-refractivity contribution in [3.63, 3.8) is 0 Å². The summed E-state index contributed by atoms with van der Waals surface area (Å²) in [5.41, 5.74) is 2.75. The topological polar surface area (TPSA) is 54.3 Å². The molecule has 1 heterocycles. The van der Waals surface area contributed by atoms with Crippen LogP contribution in [0.15, 0.2) is 41.0 Å². The summed E-state index contributed by atoms with van der Waals surface area (Å²) in [6.07, 6.45) is 3.42. The Hall–Kier alpha value is -2.23. The molecule has 112 valence electrons. The second-order valence-corrected chi connectivity index (χ2v) is 5.04. The summed E-state index contributed by atoms with van der Waals surface area (Å²) in [5, 5.41) is 6.24. The van der Waals surface area contributed by atoms with Crippen molar-refractivity contribution in [1.82, 2.24) is 5.32 Å². The number of nitrogens with one attached hydrogen (secondary N) is 2. The summed E-state index contributed by atoms with van der Waals surface area (Å²) in [5.74, 6) is 0.840. The van der Waals surface area contributed by atoms with Crippen LogP contribution in [0.1, 0.15) is 35.0 Å². The monoisotopic (exact) mass is 286 g/mol. The number of hydrogen-bond acceptors (Lipinski definition) is 3. The van der Waals surface area contributed by atoms with Crippen LogP contribution in [0.3, 0.4) is 0 Å². The average Bonchev–Trinajstić information content (AvgIpc) is 2.98. The molecule has 0 aliphatic heterocycles. The minimum atomic E-state index is -0.0407. The molecule has 0 atom stereocenters. The smallest absolute Gasteiger partial charge is 0.251 e. The van der Waals surface area contributed by atoms with Crippen LogP contribution in [0, 0.1) is 6.92 Å². The summed E-state index contributed by atoms with van der Waals surface area (Å²) in [6, 6.07) is 9.59. The number of hydrogen-bond donors (Lipinski definition) is 2. The van der Waals surface area contributed by atoms with Crippen LogP contribution in [0.5, 0.6) is 0 Å². The highest BCUT2D eigenvalue weighted by Gasteiger charge is 2.09. The van der Waals surface area contributed by atoms with E-state index < -0.39 is 0 Å². The number of anilines is 1. The van der Waals surface area contributed by atoms with Crippen LogP contribution in [0.4, 0.5) is 5.69 Å². The maximum Gasteiger partial charge on any atom is 0.251 e. The molecule has 1 aromatic heterocycles. The van der Waals surface area contributed by atoms with Crippen molar-refractivity contribution in [2.24, 2.45) is 0 Å². The lowest BCUT2D eigenvalue weighted by Crippen LogP contribution is -2.26. The maximum atomic E-state index is 12.2. The first-order valence-electron chi connectivity index (χ1n) is 7.36. The van der Waals surface area contributed by atoms with E-state index in [9.17, 15) is 4.79 Å². The van der Waals surface area contributed by atoms with Gasteiger partial charge in [0.15, 0.2) is 0 Å². The van der Waals surface area contributed by atoms with Crippen LogP contribution in [0.25, 0.3) is 0 Å². The van der Waals surface area contributed by atoms with Gasteiger partial charge in [-0.2, -0.15) is 0 Å². The molecular weight excluding hydrogens is 264 g/mol. The van der Waals surface area contributed by atoms with Crippen LogP contribution in [0.2, 0.25) is 0 Å². The first-order chi connectivity index (χ1) is 10.2. The standard InChI is InChI=1S/C17H22N2O2/c1-3-9-18-14-6-7-16(13(2)12-14)17(20)19-10-8-15-5-4-11-21-15/h4-7,11-12,18H,3,8-10H2,1-2H3,(H,19,20). The fourth-order valence-corrected chi connectivity index (χ4v) is 2.15. The molecule has 0 fully saturated rings. The fourth-order valence-electron chi connectivity index (χ4n) is 2.15. The van der Waals surface area contributed by atoms with Crippen LogP contribution >= 0.6 is 0 Å². The molecule has 0 radical (unpaired) electrons. The highest BCUT2D eigenvalue weighted by molar-refractivity contribution is 5.96. The Morgan fingerprint density at radius 3 is 2.76 bits per heavy atom. The second kappa shape index (κ2) is 7.53. The van der Waals surface area contributed by atoms with Gasteiger partial charge in [-0.3, -0.25) is 4.79 Å². The molecular formula is C17H22N2O2. The molecule has 0 aliphatic rings. The Labute approximate surface area is 125 Å². The van der Waals surface area contributed by atoms with Crippen molar-refractivity contribution in [3.05, 3.63) is 53.5 Å². The number of benzene rings is 1. The Bertz CT molecular complexity index is 576. The fraction of sp³-hybridized carbons (Fsp3) is 0.353. The van der Waals surface area contributed by atoms with Crippen LogP contribution in [-0.4, -0.2) is 19.0 Å². The molecule has 0 saturated carbocycles. The third-order valence-corrected chi connectivity index (χ3v) is 3.29. The predicted octanol–water partition coefficient (Wildman–Crippen LogP) is 3.38. The van der Waals surface area contributed by atoms with E-state index in [-0.39, 0.29) is 5.91 Å². The van der Waals surface area contributed by atoms with Crippen molar-refractivity contribution >= 4 is 11.6 Å². The Morgan fingerprint density at radius 1 is 1.24 bits per heavy atom. The van der Waals surface area contributed by atoms with Crippen LogP contribution < -0.4 is 10.6 Å². The summed E-state index contributed by atoms with van der Waals surface area (Å²) >= 11 is 0.